The molecule has 2 aromatic carbocycles. The molecular weight excluding hydrogens is 348 g/mol. The molecule has 1 N–H and O–H groups in total. The molecule has 0 aliphatic rings. The molecule has 2 rings (SSSR count). The predicted octanol–water partition coefficient (Wildman–Crippen LogP) is 3.68. The summed E-state index contributed by atoms with van der Waals surface area (Å²) in [6.07, 6.45) is 1.51. The molecule has 2 aromatic rings. The van der Waals surface area contributed by atoms with Crippen LogP contribution in [0.2, 0.25) is 0 Å². The summed E-state index contributed by atoms with van der Waals surface area (Å²) >= 11 is 0. The number of carbonyl (C=O) groups excluding carboxylic acids is 1. The average molecular weight is 372 g/mol. The lowest BCUT2D eigenvalue weighted by Crippen LogP contribution is -2.33. The van der Waals surface area contributed by atoms with Crippen molar-refractivity contribution in [1.29, 1.82) is 0 Å². The monoisotopic (exact) mass is 372 g/mol. The highest BCUT2D eigenvalue weighted by molar-refractivity contribution is 7.92. The summed E-state index contributed by atoms with van der Waals surface area (Å²) in [5, 5.41) is 3.85. The van der Waals surface area contributed by atoms with E-state index in [9.17, 15) is 13.2 Å². The van der Waals surface area contributed by atoms with E-state index in [0.717, 1.165) is 20.8 Å². The lowest BCUT2D eigenvalue weighted by molar-refractivity contribution is -0.116. The number of carbonyl (C=O) groups is 1. The number of hydrogen-bond acceptors (Lipinski definition) is 3. The van der Waals surface area contributed by atoms with Crippen molar-refractivity contribution in [3.63, 3.8) is 0 Å². The van der Waals surface area contributed by atoms with E-state index in [0.29, 0.717) is 11.6 Å². The molecule has 0 fully saturated rings. The number of anilines is 1. The summed E-state index contributed by atoms with van der Waals surface area (Å²) < 4.78 is 25.6. The van der Waals surface area contributed by atoms with Crippen LogP contribution in [0.15, 0.2) is 60.0 Å². The zero-order valence-corrected chi connectivity index (χ0v) is 16.0. The maximum atomic E-state index is 12.3. The van der Waals surface area contributed by atoms with Gasteiger partial charge in [0.2, 0.25) is 15.9 Å². The molecule has 0 saturated heterocycles. The Morgan fingerprint density at radius 3 is 2.46 bits per heavy atom. The number of rotatable bonds is 7. The Morgan fingerprint density at radius 2 is 1.81 bits per heavy atom. The minimum absolute atomic E-state index is 0.257. The fourth-order valence-electron chi connectivity index (χ4n) is 2.30. The molecule has 0 unspecified atom stereocenters. The molecule has 0 aromatic heterocycles. The number of hydrogen-bond donors (Lipinski definition) is 1. The fourth-order valence-corrected chi connectivity index (χ4v) is 3.13. The third-order valence-corrected chi connectivity index (χ3v) is 5.35. The Hall–Kier alpha value is -2.44. The van der Waals surface area contributed by atoms with Crippen molar-refractivity contribution in [3.8, 4) is 0 Å². The van der Waals surface area contributed by atoms with E-state index < -0.39 is 10.0 Å². The van der Waals surface area contributed by atoms with E-state index >= 15 is 0 Å². The van der Waals surface area contributed by atoms with Gasteiger partial charge in [0.05, 0.1) is 6.54 Å². The quantitative estimate of drug-likeness (QED) is 0.806. The van der Waals surface area contributed by atoms with Crippen molar-refractivity contribution in [2.24, 2.45) is 0 Å². The van der Waals surface area contributed by atoms with Gasteiger partial charge >= 0.3 is 0 Å². The van der Waals surface area contributed by atoms with E-state index in [1.165, 1.54) is 13.1 Å². The second-order valence-corrected chi connectivity index (χ2v) is 8.27. The van der Waals surface area contributed by atoms with Crippen LogP contribution in [-0.4, -0.2) is 32.2 Å². The lowest BCUT2D eigenvalue weighted by atomic mass is 10.0. The van der Waals surface area contributed by atoms with Crippen LogP contribution in [0.25, 0.3) is 6.08 Å². The van der Waals surface area contributed by atoms with Gasteiger partial charge in [0, 0.05) is 18.1 Å². The van der Waals surface area contributed by atoms with E-state index in [2.05, 4.69) is 19.2 Å². The molecule has 0 radical (unpaired) electrons. The third kappa shape index (κ3) is 5.82. The standard InChI is InChI=1S/C20H24N2O3S/c1-16(2)18-10-7-11-19(14-18)21-20(23)15-22(3)26(24,25)13-12-17-8-5-4-6-9-17/h4-14,16H,15H2,1-3H3,(H,21,23)/b13-12+. The van der Waals surface area contributed by atoms with E-state index in [4.69, 9.17) is 0 Å². The van der Waals surface area contributed by atoms with Crippen molar-refractivity contribution < 1.29 is 13.2 Å². The second-order valence-electron chi connectivity index (χ2n) is 6.34. The zero-order chi connectivity index (χ0) is 19.2. The van der Waals surface area contributed by atoms with Crippen LogP contribution in [0.5, 0.6) is 0 Å². The van der Waals surface area contributed by atoms with Gasteiger partial charge in [-0.25, -0.2) is 8.42 Å². The SMILES string of the molecule is CC(C)c1cccc(NC(=O)CN(C)S(=O)(=O)/C=C/c2ccccc2)c1. The van der Waals surface area contributed by atoms with Crippen molar-refractivity contribution in [3.05, 3.63) is 71.1 Å². The summed E-state index contributed by atoms with van der Waals surface area (Å²) in [5.74, 6) is -0.0388. The largest absolute Gasteiger partial charge is 0.325 e. The third-order valence-electron chi connectivity index (χ3n) is 3.87. The Bertz CT molecular complexity index is 875. The van der Waals surface area contributed by atoms with Crippen LogP contribution in [0, 0.1) is 0 Å². The molecule has 6 heteroatoms. The second kappa shape index (κ2) is 8.78. The highest BCUT2D eigenvalue weighted by atomic mass is 32.2. The first kappa shape index (κ1) is 19.9. The van der Waals surface area contributed by atoms with Gasteiger partial charge in [0.1, 0.15) is 0 Å². The number of likely N-dealkylation sites (N-methyl/N-ethyl adjacent to an activating group) is 1. The number of benzene rings is 2. The van der Waals surface area contributed by atoms with Gasteiger partial charge in [-0.1, -0.05) is 56.3 Å². The van der Waals surface area contributed by atoms with Gasteiger partial charge in [-0.15, -0.1) is 0 Å². The maximum absolute atomic E-state index is 12.3. The predicted molar refractivity (Wildman–Crippen MR) is 106 cm³/mol. The minimum Gasteiger partial charge on any atom is -0.325 e. The van der Waals surface area contributed by atoms with Gasteiger partial charge in [-0.05, 0) is 35.3 Å². The molecule has 0 heterocycles. The van der Waals surface area contributed by atoms with Crippen molar-refractivity contribution in [2.45, 2.75) is 19.8 Å². The first-order valence-corrected chi connectivity index (χ1v) is 9.87. The first-order chi connectivity index (χ1) is 12.3. The smallest absolute Gasteiger partial charge is 0.239 e. The van der Waals surface area contributed by atoms with Crippen LogP contribution in [0.4, 0.5) is 5.69 Å². The molecule has 5 nitrogen and oxygen atoms in total. The normalized spacial score (nSPS) is 12.0. The molecule has 0 saturated carbocycles. The minimum atomic E-state index is -3.68. The molecule has 1 amide bonds. The molecular formula is C20H24N2O3S. The number of amides is 1. The number of sulfonamides is 1. The molecule has 26 heavy (non-hydrogen) atoms. The van der Waals surface area contributed by atoms with Gasteiger partial charge in [0.15, 0.2) is 0 Å². The van der Waals surface area contributed by atoms with Crippen LogP contribution in [0.3, 0.4) is 0 Å². The van der Waals surface area contributed by atoms with E-state index in [1.54, 1.807) is 18.2 Å². The Labute approximate surface area is 155 Å². The molecule has 0 bridgehead atoms. The fraction of sp³-hybridized carbons (Fsp3) is 0.250. The van der Waals surface area contributed by atoms with Gasteiger partial charge in [-0.2, -0.15) is 4.31 Å². The van der Waals surface area contributed by atoms with Crippen molar-refractivity contribution in [1.82, 2.24) is 4.31 Å². The maximum Gasteiger partial charge on any atom is 0.239 e. The summed E-state index contributed by atoms with van der Waals surface area (Å²) in [4.78, 5) is 12.2. The summed E-state index contributed by atoms with van der Waals surface area (Å²) in [7, 11) is -2.29. The highest BCUT2D eigenvalue weighted by Gasteiger charge is 2.17. The van der Waals surface area contributed by atoms with Gasteiger partial charge < -0.3 is 5.32 Å². The molecule has 0 spiro atoms. The molecule has 0 atom stereocenters. The average Bonchev–Trinajstić information content (AvgIpc) is 2.61. The van der Waals surface area contributed by atoms with Crippen LogP contribution in [-0.2, 0) is 14.8 Å². The topological polar surface area (TPSA) is 66.5 Å². The van der Waals surface area contributed by atoms with Crippen molar-refractivity contribution >= 4 is 27.7 Å². The number of nitrogens with zero attached hydrogens (tertiary/aromatic N) is 1. The van der Waals surface area contributed by atoms with Gasteiger partial charge in [-0.3, -0.25) is 4.79 Å². The molecule has 138 valence electrons. The Kier molecular flexibility index (Phi) is 6.71. The zero-order valence-electron chi connectivity index (χ0n) is 15.2. The van der Waals surface area contributed by atoms with Crippen LogP contribution < -0.4 is 5.32 Å². The number of nitrogens with one attached hydrogen (secondary N) is 1. The lowest BCUT2D eigenvalue weighted by Gasteiger charge is -2.15. The Morgan fingerprint density at radius 1 is 1.12 bits per heavy atom. The van der Waals surface area contributed by atoms with Gasteiger partial charge in [0.25, 0.3) is 0 Å². The van der Waals surface area contributed by atoms with Crippen LogP contribution in [0.1, 0.15) is 30.9 Å². The molecule has 0 aliphatic heterocycles. The van der Waals surface area contributed by atoms with E-state index in [1.807, 2.05) is 36.4 Å². The van der Waals surface area contributed by atoms with E-state index in [-0.39, 0.29) is 12.5 Å². The summed E-state index contributed by atoms with van der Waals surface area (Å²) in [5.41, 5.74) is 2.54. The highest BCUT2D eigenvalue weighted by Crippen LogP contribution is 2.18. The summed E-state index contributed by atoms with van der Waals surface area (Å²) in [6.45, 7) is 3.88. The van der Waals surface area contributed by atoms with Crippen LogP contribution >= 0.6 is 0 Å². The Balaban J connectivity index is 1.99. The first-order valence-electron chi connectivity index (χ1n) is 8.37. The molecule has 0 aliphatic carbocycles. The van der Waals surface area contributed by atoms with Crippen molar-refractivity contribution in [2.75, 3.05) is 18.9 Å². The summed E-state index contributed by atoms with van der Waals surface area (Å²) in [6, 6.07) is 16.7.